The van der Waals surface area contributed by atoms with Gasteiger partial charge in [0.05, 0.1) is 11.4 Å². The van der Waals surface area contributed by atoms with Crippen LogP contribution in [0.1, 0.15) is 47.2 Å². The third-order valence-electron chi connectivity index (χ3n) is 17.4. The fourth-order valence-corrected chi connectivity index (χ4v) is 13.3. The molecular formula is C77H58N2. The van der Waals surface area contributed by atoms with Gasteiger partial charge in [-0.1, -0.05) is 194 Å². The van der Waals surface area contributed by atoms with Crippen molar-refractivity contribution in [3.05, 3.63) is 276 Å². The maximum atomic E-state index is 2.51. The van der Waals surface area contributed by atoms with E-state index in [1.54, 1.807) is 0 Å². The average molecular weight is 1010 g/mol. The maximum absolute atomic E-state index is 2.51. The molecule has 376 valence electrons. The molecule has 0 bridgehead atoms. The molecule has 14 aromatic carbocycles. The molecule has 0 aromatic heterocycles. The second kappa shape index (κ2) is 17.8. The van der Waals surface area contributed by atoms with Gasteiger partial charge in [-0.2, -0.15) is 0 Å². The van der Waals surface area contributed by atoms with Crippen LogP contribution in [0.3, 0.4) is 0 Å². The van der Waals surface area contributed by atoms with E-state index in [1.165, 1.54) is 131 Å². The summed E-state index contributed by atoms with van der Waals surface area (Å²) >= 11 is 0. The van der Waals surface area contributed by atoms with Crippen LogP contribution in [0.15, 0.2) is 243 Å². The highest BCUT2D eigenvalue weighted by molar-refractivity contribution is 6.29. The molecule has 0 N–H and O–H groups in total. The maximum Gasteiger partial charge on any atom is 0.0540 e. The van der Waals surface area contributed by atoms with E-state index < -0.39 is 0 Å². The topological polar surface area (TPSA) is 6.48 Å². The van der Waals surface area contributed by atoms with Crippen molar-refractivity contribution in [2.24, 2.45) is 0 Å². The first-order valence-corrected chi connectivity index (χ1v) is 27.8. The Morgan fingerprint density at radius 1 is 0.266 bits per heavy atom. The van der Waals surface area contributed by atoms with Crippen LogP contribution in [0.25, 0.3) is 98.0 Å². The normalized spacial score (nSPS) is 12.8. The lowest BCUT2D eigenvalue weighted by molar-refractivity contribution is 0.661. The molecule has 0 aliphatic heterocycles. The molecule has 1 aliphatic rings. The van der Waals surface area contributed by atoms with E-state index in [2.05, 4.69) is 294 Å². The van der Waals surface area contributed by atoms with Crippen LogP contribution in [0.4, 0.5) is 34.1 Å². The summed E-state index contributed by atoms with van der Waals surface area (Å²) in [6.45, 7) is 13.5. The number of hydrogen-bond donors (Lipinski definition) is 0. The van der Waals surface area contributed by atoms with Gasteiger partial charge in [0.2, 0.25) is 0 Å². The lowest BCUT2D eigenvalue weighted by Gasteiger charge is -2.29. The van der Waals surface area contributed by atoms with E-state index in [0.29, 0.717) is 0 Å². The van der Waals surface area contributed by atoms with Gasteiger partial charge in [0.25, 0.3) is 0 Å². The zero-order valence-corrected chi connectivity index (χ0v) is 45.5. The first-order valence-electron chi connectivity index (χ1n) is 27.8. The van der Waals surface area contributed by atoms with Crippen LogP contribution in [0.5, 0.6) is 0 Å². The Morgan fingerprint density at radius 3 is 1.20 bits per heavy atom. The molecule has 15 rings (SSSR count). The van der Waals surface area contributed by atoms with E-state index >= 15 is 0 Å². The summed E-state index contributed by atoms with van der Waals surface area (Å²) in [5, 5.41) is 15.4. The first kappa shape index (κ1) is 46.8. The SMILES string of the molecule is Cc1ccc(N(c2ccc(C)cc2)c2ccc(-c3ccc4ccc5c(N(c6ccc(C)cc6)c6ccc(C)cc6)ccc6ccc3c4c65)cc2-c2ccc3c(c2)C(C)(C)c2cc4c5ccccc5c5ccccc5c4cc2-3)cc1. The molecule has 0 heterocycles. The third kappa shape index (κ3) is 7.39. The highest BCUT2D eigenvalue weighted by Gasteiger charge is 2.37. The molecule has 0 fully saturated rings. The zero-order chi connectivity index (χ0) is 53.3. The van der Waals surface area contributed by atoms with Crippen LogP contribution in [0, 0.1) is 27.7 Å². The molecule has 1 aliphatic carbocycles. The monoisotopic (exact) mass is 1010 g/mol. The number of benzene rings is 14. The molecule has 0 saturated heterocycles. The fraction of sp³-hybridized carbons (Fsp3) is 0.0909. The molecule has 2 nitrogen and oxygen atoms in total. The second-order valence-electron chi connectivity index (χ2n) is 22.8. The van der Waals surface area contributed by atoms with Gasteiger partial charge in [-0.3, -0.25) is 0 Å². The molecule has 0 spiro atoms. The summed E-state index contributed by atoms with van der Waals surface area (Å²) in [6.07, 6.45) is 0. The summed E-state index contributed by atoms with van der Waals surface area (Å²) in [4.78, 5) is 4.88. The minimum Gasteiger partial charge on any atom is -0.310 e. The summed E-state index contributed by atoms with van der Waals surface area (Å²) in [6, 6.07) is 91.9. The van der Waals surface area contributed by atoms with E-state index in [0.717, 1.165) is 34.1 Å². The molecule has 0 radical (unpaired) electrons. The first-order chi connectivity index (χ1) is 38.6. The molecule has 14 aromatic rings. The summed E-state index contributed by atoms with van der Waals surface area (Å²) in [5.74, 6) is 0. The predicted octanol–water partition coefficient (Wildman–Crippen LogP) is 21.9. The molecule has 79 heavy (non-hydrogen) atoms. The van der Waals surface area contributed by atoms with Crippen molar-refractivity contribution < 1.29 is 0 Å². The van der Waals surface area contributed by atoms with E-state index in [9.17, 15) is 0 Å². The highest BCUT2D eigenvalue weighted by atomic mass is 15.1. The van der Waals surface area contributed by atoms with Gasteiger partial charge < -0.3 is 9.80 Å². The Hall–Kier alpha value is -9.50. The lowest BCUT2D eigenvalue weighted by Crippen LogP contribution is -2.15. The largest absolute Gasteiger partial charge is 0.310 e. The van der Waals surface area contributed by atoms with E-state index in [1.807, 2.05) is 0 Å². The molecule has 0 atom stereocenters. The van der Waals surface area contributed by atoms with Crippen LogP contribution in [0.2, 0.25) is 0 Å². The van der Waals surface area contributed by atoms with Gasteiger partial charge in [0.1, 0.15) is 0 Å². The number of rotatable bonds is 8. The Bertz CT molecular complexity index is 4660. The van der Waals surface area contributed by atoms with Gasteiger partial charge in [-0.05, 0) is 211 Å². The number of hydrogen-bond acceptors (Lipinski definition) is 2. The zero-order valence-electron chi connectivity index (χ0n) is 45.5. The standard InChI is InChI=1S/C77H58N2/c1-47-15-29-55(30-16-47)78(56-31-17-48(2)18-32-56)73-41-27-52-24-39-65-59(37-23-51-25-40-66(73)76(52)75(51)65)53-28-42-74(79(57-33-19-49(3)20-34-57)58-35-21-50(4)22-36-58)67(43-53)54-26-38-64-70-45-68-62-13-9-7-11-60(62)61-12-8-10-14-63(61)69(68)46-72(70)77(5,6)71(64)44-54/h7-46H,1-6H3. The Labute approximate surface area is 462 Å². The Morgan fingerprint density at radius 2 is 0.658 bits per heavy atom. The molecule has 0 amide bonds. The lowest BCUT2D eigenvalue weighted by atomic mass is 9.80. The quantitative estimate of drug-likeness (QED) is 0.140. The second-order valence-corrected chi connectivity index (χ2v) is 22.8. The summed E-state index contributed by atoms with van der Waals surface area (Å²) < 4.78 is 0. The van der Waals surface area contributed by atoms with Crippen LogP contribution in [-0.4, -0.2) is 0 Å². The van der Waals surface area contributed by atoms with Crippen molar-refractivity contribution in [1.82, 2.24) is 0 Å². The van der Waals surface area contributed by atoms with E-state index in [4.69, 9.17) is 0 Å². The van der Waals surface area contributed by atoms with Crippen molar-refractivity contribution in [2.75, 3.05) is 9.80 Å². The minimum atomic E-state index is -0.258. The number of anilines is 6. The van der Waals surface area contributed by atoms with Gasteiger partial charge in [0.15, 0.2) is 0 Å². The Kier molecular flexibility index (Phi) is 10.5. The smallest absolute Gasteiger partial charge is 0.0540 e. The number of nitrogens with zero attached hydrogens (tertiary/aromatic N) is 2. The van der Waals surface area contributed by atoms with E-state index in [-0.39, 0.29) is 5.41 Å². The average Bonchev–Trinajstić information content (AvgIpc) is 3.34. The van der Waals surface area contributed by atoms with Gasteiger partial charge >= 0.3 is 0 Å². The summed E-state index contributed by atoms with van der Waals surface area (Å²) in [7, 11) is 0. The van der Waals surface area contributed by atoms with Gasteiger partial charge in [-0.15, -0.1) is 0 Å². The van der Waals surface area contributed by atoms with Crippen molar-refractivity contribution in [3.63, 3.8) is 0 Å². The Balaban J connectivity index is 0.943. The van der Waals surface area contributed by atoms with Crippen molar-refractivity contribution in [3.8, 4) is 33.4 Å². The highest BCUT2D eigenvalue weighted by Crippen LogP contribution is 2.54. The number of aryl methyl sites for hydroxylation is 4. The predicted molar refractivity (Wildman–Crippen MR) is 339 cm³/mol. The fourth-order valence-electron chi connectivity index (χ4n) is 13.3. The minimum absolute atomic E-state index is 0.258. The van der Waals surface area contributed by atoms with Crippen LogP contribution < -0.4 is 9.80 Å². The van der Waals surface area contributed by atoms with Gasteiger partial charge in [0, 0.05) is 39.1 Å². The van der Waals surface area contributed by atoms with Crippen molar-refractivity contribution in [2.45, 2.75) is 47.0 Å². The van der Waals surface area contributed by atoms with Crippen LogP contribution in [-0.2, 0) is 5.41 Å². The third-order valence-corrected chi connectivity index (χ3v) is 17.4. The molecular weight excluding hydrogens is 953 g/mol. The van der Waals surface area contributed by atoms with Crippen LogP contribution >= 0.6 is 0 Å². The van der Waals surface area contributed by atoms with Crippen molar-refractivity contribution in [1.29, 1.82) is 0 Å². The molecule has 0 unspecified atom stereocenters. The van der Waals surface area contributed by atoms with Crippen molar-refractivity contribution >= 4 is 98.8 Å². The number of fused-ring (bicyclic) bond motifs is 9. The molecule has 0 saturated carbocycles. The summed E-state index contributed by atoms with van der Waals surface area (Å²) in [5.41, 5.74) is 21.6. The molecule has 2 heteroatoms. The van der Waals surface area contributed by atoms with Gasteiger partial charge in [-0.25, -0.2) is 0 Å².